The predicted octanol–water partition coefficient (Wildman–Crippen LogP) is 5.98. The Hall–Kier alpha value is -2.70. The zero-order valence-electron chi connectivity index (χ0n) is 15.6. The van der Waals surface area contributed by atoms with E-state index in [2.05, 4.69) is 12.1 Å². The molecular formula is C22H19N3OS2. The average molecular weight is 406 g/mol. The number of anilines is 2. The van der Waals surface area contributed by atoms with Gasteiger partial charge >= 0.3 is 0 Å². The predicted molar refractivity (Wildman–Crippen MR) is 117 cm³/mol. The normalized spacial score (nSPS) is 10.9. The number of aryl methyl sites for hydroxylation is 1. The number of rotatable bonds is 5. The van der Waals surface area contributed by atoms with Crippen molar-refractivity contribution in [2.24, 2.45) is 0 Å². The lowest BCUT2D eigenvalue weighted by atomic mass is 10.2. The fourth-order valence-electron chi connectivity index (χ4n) is 2.93. The second-order valence-corrected chi connectivity index (χ2v) is 8.28. The Bertz CT molecular complexity index is 1140. The fraction of sp³-hybridized carbons (Fsp3) is 0.136. The summed E-state index contributed by atoms with van der Waals surface area (Å²) >= 11 is 3.13. The Kier molecular flexibility index (Phi) is 5.41. The summed E-state index contributed by atoms with van der Waals surface area (Å²) in [6, 6.07) is 20.1. The number of thiazole rings is 1. The summed E-state index contributed by atoms with van der Waals surface area (Å²) in [5, 5.41) is 4.81. The van der Waals surface area contributed by atoms with Crippen molar-refractivity contribution in [3.05, 3.63) is 77.3 Å². The Morgan fingerprint density at radius 3 is 2.75 bits per heavy atom. The fourth-order valence-corrected chi connectivity index (χ4v) is 4.70. The van der Waals surface area contributed by atoms with Crippen LogP contribution >= 0.6 is 23.1 Å². The van der Waals surface area contributed by atoms with E-state index in [1.807, 2.05) is 60.8 Å². The number of carbonyl (C=O) groups excluding carboxylic acids is 1. The van der Waals surface area contributed by atoms with Crippen LogP contribution in [-0.2, 0) is 10.5 Å². The topological polar surface area (TPSA) is 46.1 Å². The molecule has 4 nitrogen and oxygen atoms in total. The van der Waals surface area contributed by atoms with Crippen molar-refractivity contribution < 1.29 is 4.79 Å². The van der Waals surface area contributed by atoms with Gasteiger partial charge in [0.25, 0.3) is 0 Å². The molecule has 0 saturated carbocycles. The third kappa shape index (κ3) is 4.08. The van der Waals surface area contributed by atoms with Gasteiger partial charge in [-0.25, -0.2) is 9.97 Å². The SMILES string of the molecule is CC(=O)N(c1cccc(C)c1)c1nc(CSc2ccc3ccccc3n2)cs1. The summed E-state index contributed by atoms with van der Waals surface area (Å²) in [6.45, 7) is 3.58. The van der Waals surface area contributed by atoms with Crippen molar-refractivity contribution in [3.8, 4) is 0 Å². The van der Waals surface area contributed by atoms with Gasteiger partial charge in [0.15, 0.2) is 5.13 Å². The quantitative estimate of drug-likeness (QED) is 0.383. The first-order chi connectivity index (χ1) is 13.6. The van der Waals surface area contributed by atoms with E-state index >= 15 is 0 Å². The van der Waals surface area contributed by atoms with Gasteiger partial charge in [0, 0.05) is 23.4 Å². The first-order valence-electron chi connectivity index (χ1n) is 8.90. The van der Waals surface area contributed by atoms with Crippen molar-refractivity contribution in [3.63, 3.8) is 0 Å². The van der Waals surface area contributed by atoms with Crippen molar-refractivity contribution in [1.82, 2.24) is 9.97 Å². The molecule has 4 aromatic rings. The minimum atomic E-state index is -0.0460. The average Bonchev–Trinajstić information content (AvgIpc) is 3.14. The molecule has 0 aliphatic heterocycles. The summed E-state index contributed by atoms with van der Waals surface area (Å²) in [5.41, 5.74) is 3.89. The molecule has 0 bridgehead atoms. The van der Waals surface area contributed by atoms with Crippen LogP contribution in [0.4, 0.5) is 10.8 Å². The van der Waals surface area contributed by atoms with Crippen LogP contribution in [0.15, 0.2) is 71.1 Å². The van der Waals surface area contributed by atoms with Gasteiger partial charge < -0.3 is 0 Å². The van der Waals surface area contributed by atoms with Crippen LogP contribution < -0.4 is 4.90 Å². The van der Waals surface area contributed by atoms with Crippen LogP contribution in [0.2, 0.25) is 0 Å². The molecule has 140 valence electrons. The molecule has 0 aliphatic rings. The van der Waals surface area contributed by atoms with Crippen LogP contribution in [0, 0.1) is 6.92 Å². The maximum absolute atomic E-state index is 12.2. The lowest BCUT2D eigenvalue weighted by Gasteiger charge is -2.18. The third-order valence-electron chi connectivity index (χ3n) is 4.25. The van der Waals surface area contributed by atoms with Crippen LogP contribution in [0.3, 0.4) is 0 Å². The molecule has 0 fully saturated rings. The summed E-state index contributed by atoms with van der Waals surface area (Å²) in [6.07, 6.45) is 0. The second-order valence-electron chi connectivity index (χ2n) is 6.45. The number of nitrogens with zero attached hydrogens (tertiary/aromatic N) is 3. The van der Waals surface area contributed by atoms with Gasteiger partial charge in [-0.1, -0.05) is 48.2 Å². The Morgan fingerprint density at radius 2 is 1.93 bits per heavy atom. The maximum Gasteiger partial charge on any atom is 0.230 e. The largest absolute Gasteiger partial charge is 0.274 e. The molecule has 0 aliphatic carbocycles. The molecule has 2 heterocycles. The number of aromatic nitrogens is 2. The van der Waals surface area contributed by atoms with Crippen LogP contribution in [-0.4, -0.2) is 15.9 Å². The van der Waals surface area contributed by atoms with E-state index in [-0.39, 0.29) is 5.91 Å². The monoisotopic (exact) mass is 405 g/mol. The Morgan fingerprint density at radius 1 is 1.07 bits per heavy atom. The molecule has 0 spiro atoms. The molecule has 0 atom stereocenters. The maximum atomic E-state index is 12.2. The van der Waals surface area contributed by atoms with Crippen LogP contribution in [0.5, 0.6) is 0 Å². The summed E-state index contributed by atoms with van der Waals surface area (Å²) in [5.74, 6) is 0.664. The zero-order valence-corrected chi connectivity index (χ0v) is 17.3. The van der Waals surface area contributed by atoms with Gasteiger partial charge in [-0.2, -0.15) is 0 Å². The lowest BCUT2D eigenvalue weighted by Crippen LogP contribution is -2.22. The molecule has 2 aromatic heterocycles. The number of carbonyl (C=O) groups is 1. The zero-order chi connectivity index (χ0) is 19.5. The number of fused-ring (bicyclic) bond motifs is 1. The van der Waals surface area contributed by atoms with E-state index in [9.17, 15) is 4.79 Å². The van der Waals surface area contributed by atoms with Gasteiger partial charge in [0.2, 0.25) is 5.91 Å². The van der Waals surface area contributed by atoms with Gasteiger partial charge in [0.1, 0.15) is 0 Å². The van der Waals surface area contributed by atoms with E-state index in [1.54, 1.807) is 23.6 Å². The van der Waals surface area contributed by atoms with E-state index in [4.69, 9.17) is 9.97 Å². The van der Waals surface area contributed by atoms with E-state index in [0.29, 0.717) is 10.9 Å². The highest BCUT2D eigenvalue weighted by Crippen LogP contribution is 2.31. The molecule has 0 saturated heterocycles. The molecule has 0 unspecified atom stereocenters. The summed E-state index contributed by atoms with van der Waals surface area (Å²) in [4.78, 5) is 23.3. The number of hydrogen-bond donors (Lipinski definition) is 0. The number of amides is 1. The van der Waals surface area contributed by atoms with Crippen molar-refractivity contribution in [2.75, 3.05) is 4.90 Å². The highest BCUT2D eigenvalue weighted by molar-refractivity contribution is 7.98. The Balaban J connectivity index is 1.52. The van der Waals surface area contributed by atoms with Crippen molar-refractivity contribution in [1.29, 1.82) is 0 Å². The van der Waals surface area contributed by atoms with Gasteiger partial charge in [-0.05, 0) is 36.8 Å². The number of pyridine rings is 1. The molecule has 2 aromatic carbocycles. The number of thioether (sulfide) groups is 1. The molecule has 1 amide bonds. The second kappa shape index (κ2) is 8.12. The Labute approximate surface area is 172 Å². The van der Waals surface area contributed by atoms with Crippen LogP contribution in [0.1, 0.15) is 18.2 Å². The van der Waals surface area contributed by atoms with Crippen LogP contribution in [0.25, 0.3) is 10.9 Å². The molecular weight excluding hydrogens is 386 g/mol. The van der Waals surface area contributed by atoms with Crippen molar-refractivity contribution in [2.45, 2.75) is 24.6 Å². The highest BCUT2D eigenvalue weighted by Gasteiger charge is 2.18. The lowest BCUT2D eigenvalue weighted by molar-refractivity contribution is -0.115. The van der Waals surface area contributed by atoms with Gasteiger partial charge in [-0.15, -0.1) is 11.3 Å². The number of para-hydroxylation sites is 1. The third-order valence-corrected chi connectivity index (χ3v) is 6.08. The van der Waals surface area contributed by atoms with E-state index in [1.165, 1.54) is 11.3 Å². The molecule has 28 heavy (non-hydrogen) atoms. The van der Waals surface area contributed by atoms with Crippen molar-refractivity contribution >= 4 is 50.7 Å². The van der Waals surface area contributed by atoms with Gasteiger partial charge in [0.05, 0.1) is 21.9 Å². The highest BCUT2D eigenvalue weighted by atomic mass is 32.2. The number of benzene rings is 2. The molecule has 0 radical (unpaired) electrons. The summed E-state index contributed by atoms with van der Waals surface area (Å²) in [7, 11) is 0. The first-order valence-corrected chi connectivity index (χ1v) is 10.8. The van der Waals surface area contributed by atoms with E-state index in [0.717, 1.165) is 32.9 Å². The standard InChI is InChI=1S/C22H19N3OS2/c1-15-6-5-8-19(12-15)25(16(2)26)22-23-18(14-28-22)13-27-21-11-10-17-7-3-4-9-20(17)24-21/h3-12,14H,13H2,1-2H3. The minimum Gasteiger partial charge on any atom is -0.274 e. The van der Waals surface area contributed by atoms with E-state index < -0.39 is 0 Å². The molecule has 4 rings (SSSR count). The minimum absolute atomic E-state index is 0.0460. The first kappa shape index (κ1) is 18.7. The molecule has 6 heteroatoms. The summed E-state index contributed by atoms with van der Waals surface area (Å²) < 4.78 is 0. The molecule has 0 N–H and O–H groups in total. The van der Waals surface area contributed by atoms with Gasteiger partial charge in [-0.3, -0.25) is 9.69 Å². The number of hydrogen-bond acceptors (Lipinski definition) is 5. The smallest absolute Gasteiger partial charge is 0.230 e.